The van der Waals surface area contributed by atoms with Crippen LogP contribution in [0, 0.1) is 6.92 Å². The molecule has 1 amide bonds. The minimum atomic E-state index is -0.0510. The Morgan fingerprint density at radius 3 is 2.76 bits per heavy atom. The number of nitrogens with zero attached hydrogens (tertiary/aromatic N) is 1. The first-order chi connectivity index (χ1) is 8.16. The van der Waals surface area contributed by atoms with E-state index in [-0.39, 0.29) is 18.0 Å². The highest BCUT2D eigenvalue weighted by molar-refractivity contribution is 5.81. The quantitative estimate of drug-likeness (QED) is 0.841. The van der Waals surface area contributed by atoms with Crippen LogP contribution in [0.25, 0.3) is 0 Å². The average Bonchev–Trinajstić information content (AvgIpc) is 3.04. The molecule has 1 heterocycles. The molecule has 1 aromatic carbocycles. The summed E-state index contributed by atoms with van der Waals surface area (Å²) < 4.78 is 0. The first-order valence-corrected chi connectivity index (χ1v) is 6.30. The Labute approximate surface area is 102 Å². The molecule has 1 saturated carbocycles. The van der Waals surface area contributed by atoms with Gasteiger partial charge in [0.15, 0.2) is 0 Å². The Balaban J connectivity index is 1.96. The van der Waals surface area contributed by atoms with Gasteiger partial charge < -0.3 is 10.6 Å². The summed E-state index contributed by atoms with van der Waals surface area (Å²) in [6, 6.07) is 8.85. The first-order valence-electron chi connectivity index (χ1n) is 6.30. The van der Waals surface area contributed by atoms with Crippen LogP contribution in [0.2, 0.25) is 0 Å². The van der Waals surface area contributed by atoms with E-state index in [1.54, 1.807) is 0 Å². The van der Waals surface area contributed by atoms with E-state index in [2.05, 4.69) is 25.1 Å². The Morgan fingerprint density at radius 1 is 1.35 bits per heavy atom. The summed E-state index contributed by atoms with van der Waals surface area (Å²) in [4.78, 5) is 14.0. The molecule has 2 N–H and O–H groups in total. The molecule has 0 bridgehead atoms. The van der Waals surface area contributed by atoms with Crippen LogP contribution in [-0.2, 0) is 4.79 Å². The van der Waals surface area contributed by atoms with E-state index < -0.39 is 0 Å². The van der Waals surface area contributed by atoms with Gasteiger partial charge in [-0.1, -0.05) is 29.8 Å². The second kappa shape index (κ2) is 3.84. The number of hydrogen-bond donors (Lipinski definition) is 1. The van der Waals surface area contributed by atoms with E-state index in [0.29, 0.717) is 12.5 Å². The third kappa shape index (κ3) is 1.84. The molecule has 1 saturated heterocycles. The Morgan fingerprint density at radius 2 is 2.12 bits per heavy atom. The molecule has 90 valence electrons. The van der Waals surface area contributed by atoms with Crippen molar-refractivity contribution in [1.82, 2.24) is 4.90 Å². The molecule has 17 heavy (non-hydrogen) atoms. The molecule has 0 spiro atoms. The summed E-state index contributed by atoms with van der Waals surface area (Å²) in [6.45, 7) is 2.08. The lowest BCUT2D eigenvalue weighted by Crippen LogP contribution is -2.34. The summed E-state index contributed by atoms with van der Waals surface area (Å²) in [6.07, 6.45) is 2.77. The van der Waals surface area contributed by atoms with Crippen molar-refractivity contribution in [2.75, 3.05) is 0 Å². The molecule has 2 aliphatic rings. The number of likely N-dealkylation sites (tertiary alicyclic amines) is 1. The zero-order valence-electron chi connectivity index (χ0n) is 10.1. The number of nitrogens with two attached hydrogens (primary N) is 1. The van der Waals surface area contributed by atoms with Gasteiger partial charge in [0.1, 0.15) is 0 Å². The van der Waals surface area contributed by atoms with E-state index >= 15 is 0 Å². The number of hydrogen-bond acceptors (Lipinski definition) is 2. The third-order valence-corrected chi connectivity index (χ3v) is 3.73. The molecule has 1 aliphatic carbocycles. The summed E-state index contributed by atoms with van der Waals surface area (Å²) >= 11 is 0. The van der Waals surface area contributed by atoms with E-state index in [1.165, 1.54) is 11.1 Å². The second-order valence-corrected chi connectivity index (χ2v) is 5.26. The van der Waals surface area contributed by atoms with Gasteiger partial charge in [-0.3, -0.25) is 4.79 Å². The largest absolute Gasteiger partial charge is 0.331 e. The maximum absolute atomic E-state index is 12.0. The van der Waals surface area contributed by atoms with Crippen LogP contribution in [0.5, 0.6) is 0 Å². The van der Waals surface area contributed by atoms with Crippen molar-refractivity contribution in [3.63, 3.8) is 0 Å². The van der Waals surface area contributed by atoms with Crippen molar-refractivity contribution < 1.29 is 4.79 Å². The highest BCUT2D eigenvalue weighted by atomic mass is 16.2. The molecule has 2 unspecified atom stereocenters. The molecular formula is C14H18N2O. The standard InChI is InChI=1S/C14H18N2O/c1-9-3-2-4-10(7-9)14-12(15)8-13(17)16(14)11-5-6-11/h2-4,7,11-12,14H,5-6,8,15H2,1H3. The fourth-order valence-corrected chi connectivity index (χ4v) is 2.83. The fraction of sp³-hybridized carbons (Fsp3) is 0.500. The lowest BCUT2D eigenvalue weighted by molar-refractivity contribution is -0.129. The van der Waals surface area contributed by atoms with Crippen LogP contribution in [0.4, 0.5) is 0 Å². The Hall–Kier alpha value is -1.35. The molecule has 2 atom stereocenters. The fourth-order valence-electron chi connectivity index (χ4n) is 2.83. The van der Waals surface area contributed by atoms with Crippen molar-refractivity contribution in [1.29, 1.82) is 0 Å². The Kier molecular flexibility index (Phi) is 2.44. The predicted octanol–water partition coefficient (Wildman–Crippen LogP) is 1.76. The molecular weight excluding hydrogens is 212 g/mol. The van der Waals surface area contributed by atoms with Crippen LogP contribution in [0.15, 0.2) is 24.3 Å². The van der Waals surface area contributed by atoms with Gasteiger partial charge in [0.05, 0.1) is 6.04 Å². The monoisotopic (exact) mass is 230 g/mol. The summed E-state index contributed by atoms with van der Waals surface area (Å²) in [5.74, 6) is 0.228. The van der Waals surface area contributed by atoms with E-state index in [4.69, 9.17) is 5.73 Å². The van der Waals surface area contributed by atoms with Crippen LogP contribution in [0.1, 0.15) is 36.4 Å². The van der Waals surface area contributed by atoms with Crippen LogP contribution >= 0.6 is 0 Å². The molecule has 2 fully saturated rings. The molecule has 1 aliphatic heterocycles. The van der Waals surface area contributed by atoms with Gasteiger partial charge in [-0.25, -0.2) is 0 Å². The van der Waals surface area contributed by atoms with Gasteiger partial charge in [-0.05, 0) is 25.3 Å². The van der Waals surface area contributed by atoms with Gasteiger partial charge in [0, 0.05) is 18.5 Å². The topological polar surface area (TPSA) is 46.3 Å². The number of carbonyl (C=O) groups is 1. The van der Waals surface area contributed by atoms with Crippen molar-refractivity contribution in [3.8, 4) is 0 Å². The average molecular weight is 230 g/mol. The van der Waals surface area contributed by atoms with E-state index in [1.807, 2.05) is 11.0 Å². The molecule has 3 rings (SSSR count). The second-order valence-electron chi connectivity index (χ2n) is 5.26. The van der Waals surface area contributed by atoms with Crippen LogP contribution < -0.4 is 5.73 Å². The van der Waals surface area contributed by atoms with Crippen molar-refractivity contribution in [3.05, 3.63) is 35.4 Å². The van der Waals surface area contributed by atoms with Gasteiger partial charge >= 0.3 is 0 Å². The maximum Gasteiger partial charge on any atom is 0.225 e. The number of benzene rings is 1. The molecule has 0 radical (unpaired) electrons. The normalized spacial score (nSPS) is 28.8. The minimum absolute atomic E-state index is 0.0510. The predicted molar refractivity (Wildman–Crippen MR) is 66.4 cm³/mol. The highest BCUT2D eigenvalue weighted by Crippen LogP contribution is 2.41. The zero-order chi connectivity index (χ0) is 12.0. The number of carbonyl (C=O) groups excluding carboxylic acids is 1. The lowest BCUT2D eigenvalue weighted by atomic mass is 9.99. The number of aryl methyl sites for hydroxylation is 1. The van der Waals surface area contributed by atoms with Crippen molar-refractivity contribution >= 4 is 5.91 Å². The van der Waals surface area contributed by atoms with E-state index in [9.17, 15) is 4.79 Å². The maximum atomic E-state index is 12.0. The van der Waals surface area contributed by atoms with Gasteiger partial charge in [-0.2, -0.15) is 0 Å². The van der Waals surface area contributed by atoms with Crippen molar-refractivity contribution in [2.45, 2.75) is 44.3 Å². The van der Waals surface area contributed by atoms with E-state index in [0.717, 1.165) is 12.8 Å². The summed E-state index contributed by atoms with van der Waals surface area (Å²) in [5, 5.41) is 0. The van der Waals surface area contributed by atoms with Gasteiger partial charge in [0.2, 0.25) is 5.91 Å². The van der Waals surface area contributed by atoms with Gasteiger partial charge in [-0.15, -0.1) is 0 Å². The van der Waals surface area contributed by atoms with Crippen LogP contribution in [-0.4, -0.2) is 22.9 Å². The molecule has 3 nitrogen and oxygen atoms in total. The summed E-state index contributed by atoms with van der Waals surface area (Å²) in [7, 11) is 0. The van der Waals surface area contributed by atoms with Crippen molar-refractivity contribution in [2.24, 2.45) is 5.73 Å². The van der Waals surface area contributed by atoms with Gasteiger partial charge in [0.25, 0.3) is 0 Å². The first kappa shape index (κ1) is 10.8. The SMILES string of the molecule is Cc1cccc(C2C(N)CC(=O)N2C2CC2)c1. The third-order valence-electron chi connectivity index (χ3n) is 3.73. The zero-order valence-corrected chi connectivity index (χ0v) is 10.1. The van der Waals surface area contributed by atoms with Crippen LogP contribution in [0.3, 0.4) is 0 Å². The molecule has 1 aromatic rings. The lowest BCUT2D eigenvalue weighted by Gasteiger charge is -2.27. The Bertz CT molecular complexity index is 453. The molecule has 3 heteroatoms. The summed E-state index contributed by atoms with van der Waals surface area (Å²) in [5.41, 5.74) is 8.56. The number of rotatable bonds is 2. The molecule has 0 aromatic heterocycles. The smallest absolute Gasteiger partial charge is 0.225 e. The highest BCUT2D eigenvalue weighted by Gasteiger charge is 2.45. The minimum Gasteiger partial charge on any atom is -0.331 e. The number of amides is 1.